The maximum absolute atomic E-state index is 12.9. The highest BCUT2D eigenvalue weighted by molar-refractivity contribution is 14.0. The number of guanidine groups is 1. The van der Waals surface area contributed by atoms with E-state index in [-0.39, 0.29) is 29.8 Å². The summed E-state index contributed by atoms with van der Waals surface area (Å²) in [5.74, 6) is 1.96. The molecule has 0 spiro atoms. The molecule has 5 nitrogen and oxygen atoms in total. The second-order valence-electron chi connectivity index (χ2n) is 7.58. The summed E-state index contributed by atoms with van der Waals surface area (Å²) < 4.78 is 24.4. The number of hydrogen-bond acceptors (Lipinski definition) is 3. The molecule has 1 unspecified atom stereocenters. The Hall–Kier alpha value is -1.87. The average Bonchev–Trinajstić information content (AvgIpc) is 3.24. The second kappa shape index (κ2) is 14.2. The maximum atomic E-state index is 12.9. The lowest BCUT2D eigenvalue weighted by Gasteiger charge is -2.21. The molecule has 7 heteroatoms. The molecule has 1 N–H and O–H groups in total. The van der Waals surface area contributed by atoms with Crippen LogP contribution >= 0.6 is 24.0 Å². The van der Waals surface area contributed by atoms with Crippen LogP contribution in [0.5, 0.6) is 5.75 Å². The van der Waals surface area contributed by atoms with E-state index in [2.05, 4.69) is 27.3 Å². The van der Waals surface area contributed by atoms with Crippen molar-refractivity contribution in [1.29, 1.82) is 0 Å². The quantitative estimate of drug-likeness (QED) is 0.205. The Labute approximate surface area is 202 Å². The van der Waals surface area contributed by atoms with Gasteiger partial charge in [-0.05, 0) is 49.1 Å². The minimum Gasteiger partial charge on any atom is -0.494 e. The second-order valence-corrected chi connectivity index (χ2v) is 7.58. The van der Waals surface area contributed by atoms with E-state index in [1.165, 1.54) is 17.7 Å². The first-order chi connectivity index (χ1) is 14.7. The Bertz CT molecular complexity index is 774. The number of unbranched alkanes of at least 4 members (excludes halogenated alkanes) is 1. The molecule has 3 rings (SSSR count). The van der Waals surface area contributed by atoms with Crippen molar-refractivity contribution in [3.05, 3.63) is 66.0 Å². The molecule has 31 heavy (non-hydrogen) atoms. The number of benzene rings is 2. The number of likely N-dealkylation sites (tertiary alicyclic amines) is 1. The summed E-state index contributed by atoms with van der Waals surface area (Å²) in [6.07, 6.45) is 3.04. The van der Waals surface area contributed by atoms with Gasteiger partial charge < -0.3 is 19.7 Å². The standard InChI is InChI=1S/C24H32FN3O2.HI/c1-26-24(27-14-5-6-16-30-23-11-9-22(25)10-12-23)28-15-13-21(17-28)19-29-18-20-7-3-2-4-8-20;/h2-4,7-12,21H,5-6,13-19H2,1H3,(H,26,27);1H. The molecule has 1 aliphatic heterocycles. The third kappa shape index (κ3) is 9.03. The van der Waals surface area contributed by atoms with Gasteiger partial charge in [-0.25, -0.2) is 4.39 Å². The van der Waals surface area contributed by atoms with E-state index in [9.17, 15) is 4.39 Å². The molecule has 1 aliphatic rings. The molecule has 0 aromatic heterocycles. The normalized spacial score (nSPS) is 16.1. The number of nitrogens with zero attached hydrogens (tertiary/aromatic N) is 2. The zero-order chi connectivity index (χ0) is 21.0. The van der Waals surface area contributed by atoms with Crippen LogP contribution in [0.2, 0.25) is 0 Å². The van der Waals surface area contributed by atoms with Crippen LogP contribution in [0.3, 0.4) is 0 Å². The molecule has 0 radical (unpaired) electrons. The Balaban J connectivity index is 0.00000341. The van der Waals surface area contributed by atoms with Gasteiger partial charge >= 0.3 is 0 Å². The Kier molecular flexibility index (Phi) is 11.7. The number of rotatable bonds is 10. The van der Waals surface area contributed by atoms with Gasteiger partial charge in [0.1, 0.15) is 11.6 Å². The molecule has 2 aromatic rings. The summed E-state index contributed by atoms with van der Waals surface area (Å²) in [7, 11) is 1.83. The zero-order valence-electron chi connectivity index (χ0n) is 18.1. The van der Waals surface area contributed by atoms with Gasteiger partial charge in [-0.3, -0.25) is 4.99 Å². The van der Waals surface area contributed by atoms with E-state index in [0.29, 0.717) is 24.9 Å². The highest BCUT2D eigenvalue weighted by Gasteiger charge is 2.24. The van der Waals surface area contributed by atoms with Crippen molar-refractivity contribution in [3.63, 3.8) is 0 Å². The Morgan fingerprint density at radius 2 is 1.90 bits per heavy atom. The fraction of sp³-hybridized carbons (Fsp3) is 0.458. The molecule has 0 saturated carbocycles. The third-order valence-corrected chi connectivity index (χ3v) is 5.20. The van der Waals surface area contributed by atoms with Gasteiger partial charge in [0.25, 0.3) is 0 Å². The predicted molar refractivity (Wildman–Crippen MR) is 134 cm³/mol. The number of halogens is 2. The van der Waals surface area contributed by atoms with Gasteiger partial charge in [-0.2, -0.15) is 0 Å². The van der Waals surface area contributed by atoms with Crippen LogP contribution < -0.4 is 10.1 Å². The number of ether oxygens (including phenoxy) is 2. The average molecular weight is 541 g/mol. The van der Waals surface area contributed by atoms with Crippen molar-refractivity contribution < 1.29 is 13.9 Å². The largest absolute Gasteiger partial charge is 0.494 e. The molecule has 2 aromatic carbocycles. The first-order valence-corrected chi connectivity index (χ1v) is 10.7. The van der Waals surface area contributed by atoms with Crippen molar-refractivity contribution >= 4 is 29.9 Å². The molecule has 1 fully saturated rings. The number of aliphatic imine (C=N–C) groups is 1. The van der Waals surface area contributed by atoms with Gasteiger partial charge in [0.05, 0.1) is 19.8 Å². The van der Waals surface area contributed by atoms with Crippen LogP contribution in [-0.2, 0) is 11.3 Å². The minimum absolute atomic E-state index is 0. The van der Waals surface area contributed by atoms with Crippen molar-refractivity contribution in [2.24, 2.45) is 10.9 Å². The first kappa shape index (κ1) is 25.4. The van der Waals surface area contributed by atoms with Gasteiger partial charge in [0.15, 0.2) is 5.96 Å². The van der Waals surface area contributed by atoms with Crippen LogP contribution in [0.15, 0.2) is 59.6 Å². The summed E-state index contributed by atoms with van der Waals surface area (Å²) >= 11 is 0. The van der Waals surface area contributed by atoms with Gasteiger partial charge in [0, 0.05) is 32.6 Å². The molecule has 0 aliphatic carbocycles. The summed E-state index contributed by atoms with van der Waals surface area (Å²) in [4.78, 5) is 6.74. The van der Waals surface area contributed by atoms with E-state index in [0.717, 1.165) is 51.5 Å². The summed E-state index contributed by atoms with van der Waals surface area (Å²) in [5, 5.41) is 3.45. The van der Waals surface area contributed by atoms with E-state index in [1.54, 1.807) is 12.1 Å². The highest BCUT2D eigenvalue weighted by atomic mass is 127. The number of nitrogens with one attached hydrogen (secondary N) is 1. The lowest BCUT2D eigenvalue weighted by Crippen LogP contribution is -2.40. The van der Waals surface area contributed by atoms with Crippen LogP contribution in [0.4, 0.5) is 4.39 Å². The molecular formula is C24H33FIN3O2. The van der Waals surface area contributed by atoms with E-state index in [4.69, 9.17) is 9.47 Å². The predicted octanol–water partition coefficient (Wildman–Crippen LogP) is 4.72. The minimum atomic E-state index is -0.246. The lowest BCUT2D eigenvalue weighted by atomic mass is 10.1. The van der Waals surface area contributed by atoms with Gasteiger partial charge in [-0.1, -0.05) is 30.3 Å². The fourth-order valence-corrected chi connectivity index (χ4v) is 3.56. The van der Waals surface area contributed by atoms with Crippen LogP contribution in [-0.4, -0.2) is 50.8 Å². The molecule has 0 bridgehead atoms. The molecule has 1 saturated heterocycles. The van der Waals surface area contributed by atoms with Crippen LogP contribution in [0.1, 0.15) is 24.8 Å². The number of hydrogen-bond donors (Lipinski definition) is 1. The van der Waals surface area contributed by atoms with Gasteiger partial charge in [0.2, 0.25) is 0 Å². The SMILES string of the molecule is CN=C(NCCCCOc1ccc(F)cc1)N1CCC(COCc2ccccc2)C1.I. The molecular weight excluding hydrogens is 508 g/mol. The molecule has 1 atom stereocenters. The van der Waals surface area contributed by atoms with Crippen LogP contribution in [0.25, 0.3) is 0 Å². The fourth-order valence-electron chi connectivity index (χ4n) is 3.56. The van der Waals surface area contributed by atoms with Crippen molar-refractivity contribution in [2.75, 3.05) is 39.9 Å². The van der Waals surface area contributed by atoms with Gasteiger partial charge in [-0.15, -0.1) is 24.0 Å². The molecule has 0 amide bonds. The van der Waals surface area contributed by atoms with Crippen LogP contribution in [0, 0.1) is 11.7 Å². The Morgan fingerprint density at radius 3 is 2.65 bits per heavy atom. The Morgan fingerprint density at radius 1 is 1.13 bits per heavy atom. The third-order valence-electron chi connectivity index (χ3n) is 5.20. The monoisotopic (exact) mass is 541 g/mol. The summed E-state index contributed by atoms with van der Waals surface area (Å²) in [6.45, 7) is 4.91. The molecule has 170 valence electrons. The first-order valence-electron chi connectivity index (χ1n) is 10.7. The summed E-state index contributed by atoms with van der Waals surface area (Å²) in [5.41, 5.74) is 1.22. The zero-order valence-corrected chi connectivity index (χ0v) is 20.5. The van der Waals surface area contributed by atoms with E-state index in [1.807, 2.05) is 25.2 Å². The lowest BCUT2D eigenvalue weighted by molar-refractivity contribution is 0.0907. The topological polar surface area (TPSA) is 46.1 Å². The van der Waals surface area contributed by atoms with E-state index < -0.39 is 0 Å². The van der Waals surface area contributed by atoms with Crippen molar-refractivity contribution in [1.82, 2.24) is 10.2 Å². The maximum Gasteiger partial charge on any atom is 0.193 e. The van der Waals surface area contributed by atoms with E-state index >= 15 is 0 Å². The highest BCUT2D eigenvalue weighted by Crippen LogP contribution is 2.17. The van der Waals surface area contributed by atoms with Crippen molar-refractivity contribution in [2.45, 2.75) is 25.9 Å². The van der Waals surface area contributed by atoms with Crippen molar-refractivity contribution in [3.8, 4) is 5.75 Å². The smallest absolute Gasteiger partial charge is 0.193 e. The molecule has 1 heterocycles. The summed E-state index contributed by atoms with van der Waals surface area (Å²) in [6, 6.07) is 16.4.